The molecule has 20 heavy (non-hydrogen) atoms. The average Bonchev–Trinajstić information content (AvgIpc) is 2.33. The Morgan fingerprint density at radius 3 is 2.65 bits per heavy atom. The van der Waals surface area contributed by atoms with Gasteiger partial charge in [-0.1, -0.05) is 18.2 Å². The zero-order valence-electron chi connectivity index (χ0n) is 11.5. The van der Waals surface area contributed by atoms with Gasteiger partial charge in [-0.2, -0.15) is 13.2 Å². The summed E-state index contributed by atoms with van der Waals surface area (Å²) in [5.74, 6) is 0. The van der Waals surface area contributed by atoms with Crippen molar-refractivity contribution < 1.29 is 13.2 Å². The first-order valence-corrected chi connectivity index (χ1v) is 6.50. The Kier molecular flexibility index (Phi) is 4.28. The summed E-state index contributed by atoms with van der Waals surface area (Å²) in [4.78, 5) is 4.42. The number of hydrogen-bond donors (Lipinski definition) is 1. The molecule has 0 aliphatic heterocycles. The van der Waals surface area contributed by atoms with E-state index in [0.29, 0.717) is 6.54 Å². The Labute approximate surface area is 116 Å². The lowest BCUT2D eigenvalue weighted by Gasteiger charge is -2.16. The molecule has 0 aliphatic carbocycles. The maximum absolute atomic E-state index is 12.3. The van der Waals surface area contributed by atoms with Crippen LogP contribution in [-0.2, 0) is 6.54 Å². The molecule has 0 fully saturated rings. The van der Waals surface area contributed by atoms with Crippen LogP contribution in [0.25, 0.3) is 10.9 Å². The molecule has 2 rings (SSSR count). The van der Waals surface area contributed by atoms with Gasteiger partial charge in [0.05, 0.1) is 11.9 Å². The number of benzene rings is 1. The Morgan fingerprint density at radius 1 is 1.25 bits per heavy atom. The second-order valence-electron chi connectivity index (χ2n) is 5.04. The van der Waals surface area contributed by atoms with Gasteiger partial charge in [-0.3, -0.25) is 4.98 Å². The number of nitrogens with one attached hydrogen (secondary N) is 1. The Balaban J connectivity index is 2.14. The van der Waals surface area contributed by atoms with Gasteiger partial charge in [-0.25, -0.2) is 0 Å². The third kappa shape index (κ3) is 3.93. The molecular weight excluding hydrogens is 265 g/mol. The summed E-state index contributed by atoms with van der Waals surface area (Å²) < 4.78 is 36.9. The maximum Gasteiger partial charge on any atom is 0.390 e. The molecule has 0 radical (unpaired) electrons. The van der Waals surface area contributed by atoms with E-state index in [2.05, 4.69) is 10.3 Å². The number of alkyl halides is 3. The molecule has 2 nitrogen and oxygen atoms in total. The van der Waals surface area contributed by atoms with E-state index in [-0.39, 0.29) is 0 Å². The van der Waals surface area contributed by atoms with Gasteiger partial charge in [0.15, 0.2) is 0 Å². The van der Waals surface area contributed by atoms with Crippen LogP contribution in [0.4, 0.5) is 13.2 Å². The number of fused-ring (bicyclic) bond motifs is 1. The fourth-order valence-corrected chi connectivity index (χ4v) is 2.24. The summed E-state index contributed by atoms with van der Waals surface area (Å²) in [6, 6.07) is 8.95. The van der Waals surface area contributed by atoms with Crippen molar-refractivity contribution >= 4 is 10.9 Å². The Hall–Kier alpha value is -1.62. The van der Waals surface area contributed by atoms with E-state index in [0.717, 1.165) is 22.2 Å². The van der Waals surface area contributed by atoms with Gasteiger partial charge in [0.2, 0.25) is 0 Å². The van der Waals surface area contributed by atoms with Crippen molar-refractivity contribution in [3.63, 3.8) is 0 Å². The van der Waals surface area contributed by atoms with Gasteiger partial charge < -0.3 is 5.32 Å². The van der Waals surface area contributed by atoms with Crippen molar-refractivity contribution in [2.24, 2.45) is 0 Å². The highest BCUT2D eigenvalue weighted by molar-refractivity contribution is 5.82. The number of rotatable bonds is 4. The number of hydrogen-bond acceptors (Lipinski definition) is 2. The number of para-hydroxylation sites is 1. The predicted molar refractivity (Wildman–Crippen MR) is 73.5 cm³/mol. The van der Waals surface area contributed by atoms with Crippen LogP contribution >= 0.6 is 0 Å². The number of nitrogens with zero attached hydrogens (tertiary/aromatic N) is 1. The third-order valence-electron chi connectivity index (χ3n) is 3.11. The molecule has 1 aromatic carbocycles. The van der Waals surface area contributed by atoms with Gasteiger partial charge in [-0.15, -0.1) is 0 Å². The molecule has 1 heterocycles. The molecule has 0 bridgehead atoms. The summed E-state index contributed by atoms with van der Waals surface area (Å²) in [6.45, 7) is 3.83. The van der Waals surface area contributed by atoms with Gasteiger partial charge in [0, 0.05) is 23.7 Å². The molecule has 1 unspecified atom stereocenters. The van der Waals surface area contributed by atoms with Crippen molar-refractivity contribution in [1.82, 2.24) is 10.3 Å². The molecule has 1 N–H and O–H groups in total. The SMILES string of the molecule is Cc1cc(CNC(C)CC(F)(F)F)c2ccccc2n1. The summed E-state index contributed by atoms with van der Waals surface area (Å²) in [5.41, 5.74) is 2.71. The average molecular weight is 282 g/mol. The van der Waals surface area contributed by atoms with Crippen LogP contribution in [0.15, 0.2) is 30.3 Å². The molecule has 1 aromatic heterocycles. The number of aromatic nitrogens is 1. The zero-order valence-corrected chi connectivity index (χ0v) is 11.5. The largest absolute Gasteiger partial charge is 0.390 e. The first-order chi connectivity index (χ1) is 9.35. The van der Waals surface area contributed by atoms with Gasteiger partial charge in [0.25, 0.3) is 0 Å². The number of pyridine rings is 1. The molecule has 0 aliphatic rings. The Bertz CT molecular complexity index is 593. The van der Waals surface area contributed by atoms with Crippen LogP contribution in [0.2, 0.25) is 0 Å². The normalized spacial score (nSPS) is 13.7. The summed E-state index contributed by atoms with van der Waals surface area (Å²) in [7, 11) is 0. The zero-order chi connectivity index (χ0) is 14.8. The predicted octanol–water partition coefficient (Wildman–Crippen LogP) is 3.97. The van der Waals surface area contributed by atoms with Crippen LogP contribution in [0.5, 0.6) is 0 Å². The molecule has 108 valence electrons. The minimum Gasteiger partial charge on any atom is -0.310 e. The van der Waals surface area contributed by atoms with Gasteiger partial charge >= 0.3 is 6.18 Å². The first kappa shape index (κ1) is 14.8. The lowest BCUT2D eigenvalue weighted by Crippen LogP contribution is -2.30. The monoisotopic (exact) mass is 282 g/mol. The molecule has 0 saturated heterocycles. The molecular formula is C15H17F3N2. The van der Waals surface area contributed by atoms with Crippen molar-refractivity contribution in [3.05, 3.63) is 41.6 Å². The van der Waals surface area contributed by atoms with Gasteiger partial charge in [-0.05, 0) is 31.5 Å². The fraction of sp³-hybridized carbons (Fsp3) is 0.400. The molecule has 1 atom stereocenters. The van der Waals surface area contributed by atoms with E-state index >= 15 is 0 Å². The minimum absolute atomic E-state index is 0.404. The highest BCUT2D eigenvalue weighted by Gasteiger charge is 2.29. The maximum atomic E-state index is 12.3. The lowest BCUT2D eigenvalue weighted by molar-refractivity contribution is -0.139. The van der Waals surface area contributed by atoms with Crippen LogP contribution in [0, 0.1) is 6.92 Å². The standard InChI is InChI=1S/C15H17F3N2/c1-10-7-12(9-19-11(2)8-15(16,17)18)13-5-3-4-6-14(13)20-10/h3-7,11,19H,8-9H2,1-2H3. The van der Waals surface area contributed by atoms with Gasteiger partial charge in [0.1, 0.15) is 0 Å². The van der Waals surface area contributed by atoms with E-state index in [1.54, 1.807) is 6.92 Å². The quantitative estimate of drug-likeness (QED) is 0.917. The van der Waals surface area contributed by atoms with Crippen LogP contribution < -0.4 is 5.32 Å². The minimum atomic E-state index is -4.14. The van der Waals surface area contributed by atoms with E-state index in [9.17, 15) is 13.2 Å². The third-order valence-corrected chi connectivity index (χ3v) is 3.11. The molecule has 0 amide bonds. The van der Waals surface area contributed by atoms with Crippen molar-refractivity contribution in [1.29, 1.82) is 0 Å². The lowest BCUT2D eigenvalue weighted by atomic mass is 10.1. The number of halogens is 3. The highest BCUT2D eigenvalue weighted by atomic mass is 19.4. The van der Waals surface area contributed by atoms with Crippen LogP contribution in [-0.4, -0.2) is 17.2 Å². The van der Waals surface area contributed by atoms with Crippen molar-refractivity contribution in [3.8, 4) is 0 Å². The van der Waals surface area contributed by atoms with Crippen LogP contribution in [0.3, 0.4) is 0 Å². The van der Waals surface area contributed by atoms with Crippen molar-refractivity contribution in [2.75, 3.05) is 0 Å². The summed E-state index contributed by atoms with van der Waals surface area (Å²) in [6.07, 6.45) is -4.96. The first-order valence-electron chi connectivity index (χ1n) is 6.50. The molecule has 2 aromatic rings. The van der Waals surface area contributed by atoms with E-state index in [1.807, 2.05) is 37.3 Å². The summed E-state index contributed by atoms with van der Waals surface area (Å²) in [5, 5.41) is 3.90. The van der Waals surface area contributed by atoms with E-state index in [4.69, 9.17) is 0 Å². The second-order valence-corrected chi connectivity index (χ2v) is 5.04. The summed E-state index contributed by atoms with van der Waals surface area (Å²) >= 11 is 0. The highest BCUT2D eigenvalue weighted by Crippen LogP contribution is 2.22. The van der Waals surface area contributed by atoms with E-state index in [1.165, 1.54) is 0 Å². The number of aryl methyl sites for hydroxylation is 1. The Morgan fingerprint density at radius 2 is 1.95 bits per heavy atom. The smallest absolute Gasteiger partial charge is 0.310 e. The fourth-order valence-electron chi connectivity index (χ4n) is 2.24. The topological polar surface area (TPSA) is 24.9 Å². The molecule has 0 saturated carbocycles. The second kappa shape index (κ2) is 5.79. The van der Waals surface area contributed by atoms with E-state index < -0.39 is 18.6 Å². The molecule has 0 spiro atoms. The molecule has 5 heteroatoms. The van der Waals surface area contributed by atoms with Crippen LogP contribution in [0.1, 0.15) is 24.6 Å². The van der Waals surface area contributed by atoms with Crippen molar-refractivity contribution in [2.45, 2.75) is 39.0 Å².